The Morgan fingerprint density at radius 3 is 3.00 bits per heavy atom. The fourth-order valence-corrected chi connectivity index (χ4v) is 2.71. The average molecular weight is 295 g/mol. The maximum atomic E-state index is 5.88. The molecule has 0 fully saturated rings. The van der Waals surface area contributed by atoms with Crippen LogP contribution in [-0.2, 0) is 0 Å². The quantitative estimate of drug-likeness (QED) is 0.581. The lowest BCUT2D eigenvalue weighted by atomic mass is 10.3. The Hall–Kier alpha value is -2.80. The highest BCUT2D eigenvalue weighted by Gasteiger charge is 2.08. The van der Waals surface area contributed by atoms with Crippen molar-refractivity contribution in [2.24, 2.45) is 0 Å². The van der Waals surface area contributed by atoms with Gasteiger partial charge in [-0.15, -0.1) is 11.3 Å². The third-order valence-corrected chi connectivity index (χ3v) is 3.76. The van der Waals surface area contributed by atoms with Gasteiger partial charge in [0.15, 0.2) is 0 Å². The summed E-state index contributed by atoms with van der Waals surface area (Å²) in [7, 11) is 0. The van der Waals surface area contributed by atoms with Crippen molar-refractivity contribution in [3.8, 4) is 17.3 Å². The van der Waals surface area contributed by atoms with Gasteiger partial charge < -0.3 is 4.74 Å². The Balaban J connectivity index is 1.71. The van der Waals surface area contributed by atoms with Gasteiger partial charge in [0.25, 0.3) is 0 Å². The van der Waals surface area contributed by atoms with E-state index in [4.69, 9.17) is 4.74 Å². The highest BCUT2D eigenvalue weighted by molar-refractivity contribution is 7.16. The monoisotopic (exact) mass is 295 g/mol. The van der Waals surface area contributed by atoms with Crippen LogP contribution in [0.15, 0.2) is 54.7 Å². The van der Waals surface area contributed by atoms with Gasteiger partial charge in [-0.05, 0) is 23.6 Å². The van der Waals surface area contributed by atoms with Gasteiger partial charge in [0.1, 0.15) is 29.6 Å². The van der Waals surface area contributed by atoms with Crippen LogP contribution in [-0.4, -0.2) is 24.7 Å². The van der Waals surface area contributed by atoms with Gasteiger partial charge in [0.2, 0.25) is 5.88 Å². The number of aromatic nitrogens is 5. The molecule has 102 valence electrons. The van der Waals surface area contributed by atoms with E-state index in [9.17, 15) is 0 Å². The first-order valence-corrected chi connectivity index (χ1v) is 7.09. The molecule has 0 amide bonds. The maximum Gasteiger partial charge on any atom is 0.231 e. The second kappa shape index (κ2) is 4.95. The van der Waals surface area contributed by atoms with Gasteiger partial charge in [-0.1, -0.05) is 6.07 Å². The van der Waals surface area contributed by atoms with Crippen molar-refractivity contribution in [1.82, 2.24) is 24.7 Å². The van der Waals surface area contributed by atoms with E-state index in [2.05, 4.69) is 20.1 Å². The summed E-state index contributed by atoms with van der Waals surface area (Å²) < 4.78 is 7.56. The van der Waals surface area contributed by atoms with E-state index in [0.29, 0.717) is 11.6 Å². The fourth-order valence-electron chi connectivity index (χ4n) is 1.99. The van der Waals surface area contributed by atoms with Gasteiger partial charge in [-0.3, -0.25) is 0 Å². The number of fused-ring (bicyclic) bond motifs is 1. The van der Waals surface area contributed by atoms with E-state index >= 15 is 0 Å². The lowest BCUT2D eigenvalue weighted by Crippen LogP contribution is -1.95. The van der Waals surface area contributed by atoms with Gasteiger partial charge in [0.05, 0.1) is 11.1 Å². The zero-order valence-electron chi connectivity index (χ0n) is 10.7. The molecule has 0 saturated heterocycles. The van der Waals surface area contributed by atoms with Gasteiger partial charge in [-0.2, -0.15) is 5.10 Å². The van der Waals surface area contributed by atoms with Crippen LogP contribution in [0.25, 0.3) is 15.9 Å². The highest BCUT2D eigenvalue weighted by Crippen LogP contribution is 2.29. The minimum Gasteiger partial charge on any atom is -0.438 e. The second-order valence-electron chi connectivity index (χ2n) is 4.26. The lowest BCUT2D eigenvalue weighted by molar-refractivity contribution is 0.468. The summed E-state index contributed by atoms with van der Waals surface area (Å²) in [6.45, 7) is 0. The molecule has 1 aromatic carbocycles. The van der Waals surface area contributed by atoms with Gasteiger partial charge in [-0.25, -0.2) is 19.6 Å². The molecule has 0 N–H and O–H groups in total. The van der Waals surface area contributed by atoms with Crippen molar-refractivity contribution < 1.29 is 4.74 Å². The summed E-state index contributed by atoms with van der Waals surface area (Å²) in [4.78, 5) is 13.3. The van der Waals surface area contributed by atoms with E-state index < -0.39 is 0 Å². The molecule has 21 heavy (non-hydrogen) atoms. The molecule has 6 nitrogen and oxygen atoms in total. The molecule has 3 aromatic heterocycles. The van der Waals surface area contributed by atoms with Crippen molar-refractivity contribution in [2.75, 3.05) is 0 Å². The van der Waals surface area contributed by atoms with E-state index in [0.717, 1.165) is 15.9 Å². The molecule has 0 atom stereocenters. The third kappa shape index (κ3) is 2.23. The molecule has 0 spiro atoms. The summed E-state index contributed by atoms with van der Waals surface area (Å²) >= 11 is 1.56. The van der Waals surface area contributed by atoms with Crippen LogP contribution in [0.4, 0.5) is 0 Å². The summed E-state index contributed by atoms with van der Waals surface area (Å²) in [6, 6.07) is 9.55. The topological polar surface area (TPSA) is 65.7 Å². The van der Waals surface area contributed by atoms with E-state index in [-0.39, 0.29) is 0 Å². The van der Waals surface area contributed by atoms with Crippen LogP contribution >= 0.6 is 11.3 Å². The zero-order valence-corrected chi connectivity index (χ0v) is 11.6. The van der Waals surface area contributed by atoms with Crippen molar-refractivity contribution in [1.29, 1.82) is 0 Å². The number of nitrogens with zero attached hydrogens (tertiary/aromatic N) is 5. The molecule has 7 heteroatoms. The third-order valence-electron chi connectivity index (χ3n) is 2.94. The SMILES string of the molecule is c1cc(Oc2ncnc3sccc23)cc(-n2cncn2)c1. The molecule has 0 radical (unpaired) electrons. The molecule has 0 aliphatic carbocycles. The largest absolute Gasteiger partial charge is 0.438 e. The molecular formula is C14H9N5OS. The molecule has 4 aromatic rings. The van der Waals surface area contributed by atoms with Crippen LogP contribution in [0.3, 0.4) is 0 Å². The van der Waals surface area contributed by atoms with E-state index in [1.807, 2.05) is 35.7 Å². The number of hydrogen-bond donors (Lipinski definition) is 0. The molecular weight excluding hydrogens is 286 g/mol. The lowest BCUT2D eigenvalue weighted by Gasteiger charge is -2.07. The number of ether oxygens (including phenoxy) is 1. The Bertz CT molecular complexity index is 887. The fraction of sp³-hybridized carbons (Fsp3) is 0. The predicted molar refractivity (Wildman–Crippen MR) is 78.8 cm³/mol. The number of benzene rings is 1. The van der Waals surface area contributed by atoms with Crippen LogP contribution in [0.1, 0.15) is 0 Å². The average Bonchev–Trinajstić information content (AvgIpc) is 3.20. The Labute approximate surface area is 123 Å². The predicted octanol–water partition coefficient (Wildman–Crippen LogP) is 3.06. The van der Waals surface area contributed by atoms with Crippen molar-refractivity contribution >= 4 is 21.6 Å². The first-order valence-electron chi connectivity index (χ1n) is 6.21. The van der Waals surface area contributed by atoms with Crippen LogP contribution in [0, 0.1) is 0 Å². The van der Waals surface area contributed by atoms with Crippen molar-refractivity contribution in [2.45, 2.75) is 0 Å². The number of rotatable bonds is 3. The number of hydrogen-bond acceptors (Lipinski definition) is 6. The van der Waals surface area contributed by atoms with Crippen LogP contribution < -0.4 is 4.74 Å². The Kier molecular flexibility index (Phi) is 2.82. The molecule has 0 bridgehead atoms. The molecule has 0 aliphatic heterocycles. The van der Waals surface area contributed by atoms with Crippen LogP contribution in [0.5, 0.6) is 11.6 Å². The molecule has 4 rings (SSSR count). The van der Waals surface area contributed by atoms with Gasteiger partial charge >= 0.3 is 0 Å². The summed E-state index contributed by atoms with van der Waals surface area (Å²) in [5, 5.41) is 6.98. The minimum atomic E-state index is 0.553. The van der Waals surface area contributed by atoms with Gasteiger partial charge in [0, 0.05) is 6.07 Å². The number of thiophene rings is 1. The smallest absolute Gasteiger partial charge is 0.231 e. The highest BCUT2D eigenvalue weighted by atomic mass is 32.1. The Morgan fingerprint density at radius 1 is 1.10 bits per heavy atom. The first kappa shape index (κ1) is 12.0. The first-order chi connectivity index (χ1) is 10.4. The Morgan fingerprint density at radius 2 is 2.10 bits per heavy atom. The minimum absolute atomic E-state index is 0.553. The molecule has 0 saturated carbocycles. The molecule has 0 aliphatic rings. The summed E-state index contributed by atoms with van der Waals surface area (Å²) in [6.07, 6.45) is 4.64. The summed E-state index contributed by atoms with van der Waals surface area (Å²) in [5.74, 6) is 1.24. The van der Waals surface area contributed by atoms with E-state index in [1.165, 1.54) is 12.7 Å². The van der Waals surface area contributed by atoms with E-state index in [1.54, 1.807) is 22.3 Å². The zero-order chi connectivity index (χ0) is 14.1. The summed E-state index contributed by atoms with van der Waals surface area (Å²) in [5.41, 5.74) is 0.876. The molecule has 0 unspecified atom stereocenters. The van der Waals surface area contributed by atoms with Crippen molar-refractivity contribution in [3.63, 3.8) is 0 Å². The van der Waals surface area contributed by atoms with Crippen LogP contribution in [0.2, 0.25) is 0 Å². The van der Waals surface area contributed by atoms with Crippen molar-refractivity contribution in [3.05, 3.63) is 54.7 Å². The normalized spacial score (nSPS) is 10.9. The second-order valence-corrected chi connectivity index (χ2v) is 5.15. The molecule has 3 heterocycles. The maximum absolute atomic E-state index is 5.88. The standard InChI is InChI=1S/C14H9N5OS/c1-2-10(19-9-15-7-18-19)6-11(3-1)20-13-12-4-5-21-14(12)17-8-16-13/h1-9H.